The van der Waals surface area contributed by atoms with E-state index in [9.17, 15) is 15.2 Å². The van der Waals surface area contributed by atoms with Crippen LogP contribution in [0.15, 0.2) is 48.5 Å². The van der Waals surface area contributed by atoms with Gasteiger partial charge in [-0.2, -0.15) is 0 Å². The summed E-state index contributed by atoms with van der Waals surface area (Å²) in [6.45, 7) is 2.18. The molecule has 1 atom stereocenters. The largest absolute Gasteiger partial charge is 0.394 e. The van der Waals surface area contributed by atoms with Gasteiger partial charge in [0.15, 0.2) is 0 Å². The summed E-state index contributed by atoms with van der Waals surface area (Å²) in [5, 5.41) is 23.7. The quantitative estimate of drug-likeness (QED) is 0.632. The second-order valence-electron chi connectivity index (χ2n) is 4.85. The smallest absolute Gasteiger partial charge is 0.272 e. The number of aliphatic hydroxyl groups excluding tert-OH is 1. The summed E-state index contributed by atoms with van der Waals surface area (Å²) in [4.78, 5) is 10.6. The van der Waals surface area contributed by atoms with E-state index in [1.807, 2.05) is 36.4 Å². The number of benzene rings is 2. The molecular weight excluding hydrogens is 268 g/mol. The Labute approximate surface area is 123 Å². The summed E-state index contributed by atoms with van der Waals surface area (Å²) in [6, 6.07) is 14.5. The maximum atomic E-state index is 10.9. The fraction of sp³-hybridized carbons (Fsp3) is 0.250. The molecule has 0 spiro atoms. The first-order chi connectivity index (χ1) is 10.1. The predicted molar refractivity (Wildman–Crippen MR) is 80.9 cm³/mol. The van der Waals surface area contributed by atoms with Crippen LogP contribution in [-0.2, 0) is 6.54 Å². The average Bonchev–Trinajstić information content (AvgIpc) is 2.50. The third kappa shape index (κ3) is 3.65. The zero-order valence-electron chi connectivity index (χ0n) is 11.8. The maximum absolute atomic E-state index is 10.9. The van der Waals surface area contributed by atoms with Crippen LogP contribution in [0.2, 0.25) is 0 Å². The van der Waals surface area contributed by atoms with Crippen LogP contribution in [0.1, 0.15) is 22.7 Å². The van der Waals surface area contributed by atoms with Crippen LogP contribution in [-0.4, -0.2) is 16.6 Å². The summed E-state index contributed by atoms with van der Waals surface area (Å²) in [7, 11) is 0. The molecule has 21 heavy (non-hydrogen) atoms. The van der Waals surface area contributed by atoms with Gasteiger partial charge in [-0.1, -0.05) is 42.5 Å². The van der Waals surface area contributed by atoms with E-state index >= 15 is 0 Å². The van der Waals surface area contributed by atoms with Crippen LogP contribution < -0.4 is 5.32 Å². The molecular formula is C16H18N2O3. The van der Waals surface area contributed by atoms with Crippen molar-refractivity contribution in [3.63, 3.8) is 0 Å². The van der Waals surface area contributed by atoms with Gasteiger partial charge in [-0.25, -0.2) is 0 Å². The lowest BCUT2D eigenvalue weighted by atomic mass is 10.0. The topological polar surface area (TPSA) is 75.4 Å². The molecule has 5 heteroatoms. The van der Waals surface area contributed by atoms with Gasteiger partial charge in [-0.15, -0.1) is 0 Å². The van der Waals surface area contributed by atoms with E-state index in [0.717, 1.165) is 11.1 Å². The Kier molecular flexibility index (Phi) is 5.03. The van der Waals surface area contributed by atoms with Crippen LogP contribution >= 0.6 is 0 Å². The van der Waals surface area contributed by atoms with E-state index < -0.39 is 0 Å². The first-order valence-electron chi connectivity index (χ1n) is 6.75. The lowest BCUT2D eigenvalue weighted by molar-refractivity contribution is -0.385. The van der Waals surface area contributed by atoms with E-state index in [0.29, 0.717) is 12.1 Å². The Hall–Kier alpha value is -2.24. The summed E-state index contributed by atoms with van der Waals surface area (Å²) in [6.07, 6.45) is 0. The van der Waals surface area contributed by atoms with Gasteiger partial charge in [-0.05, 0) is 18.1 Å². The van der Waals surface area contributed by atoms with E-state index in [-0.39, 0.29) is 23.3 Å². The Morgan fingerprint density at radius 3 is 2.52 bits per heavy atom. The van der Waals surface area contributed by atoms with Gasteiger partial charge in [0.1, 0.15) is 0 Å². The molecule has 0 saturated heterocycles. The number of aliphatic hydroxyl groups is 1. The lowest BCUT2D eigenvalue weighted by Crippen LogP contribution is -2.24. The number of rotatable bonds is 6. The molecule has 0 saturated carbocycles. The number of nitro groups is 1. The minimum atomic E-state index is -0.375. The third-order valence-corrected chi connectivity index (χ3v) is 3.54. The zero-order valence-corrected chi connectivity index (χ0v) is 11.8. The molecule has 0 fully saturated rings. The van der Waals surface area contributed by atoms with Gasteiger partial charge in [0.05, 0.1) is 17.6 Å². The number of hydrogen-bond donors (Lipinski definition) is 2. The standard InChI is InChI=1S/C16H18N2O3/c1-12-14(8-5-9-16(12)18(20)21)10-17-15(11-19)13-6-3-2-4-7-13/h2-9,15,17,19H,10-11H2,1H3. The van der Waals surface area contributed by atoms with Gasteiger partial charge in [0.2, 0.25) is 0 Å². The van der Waals surface area contributed by atoms with Gasteiger partial charge in [0, 0.05) is 18.2 Å². The van der Waals surface area contributed by atoms with E-state index in [1.54, 1.807) is 13.0 Å². The van der Waals surface area contributed by atoms with Crippen LogP contribution in [0.3, 0.4) is 0 Å². The van der Waals surface area contributed by atoms with Crippen LogP contribution in [0.4, 0.5) is 5.69 Å². The highest BCUT2D eigenvalue weighted by atomic mass is 16.6. The van der Waals surface area contributed by atoms with Crippen molar-refractivity contribution in [3.05, 3.63) is 75.3 Å². The fourth-order valence-corrected chi connectivity index (χ4v) is 2.27. The van der Waals surface area contributed by atoms with Crippen molar-refractivity contribution in [1.29, 1.82) is 0 Å². The molecule has 2 N–H and O–H groups in total. The molecule has 2 aromatic rings. The normalized spacial score (nSPS) is 12.1. The van der Waals surface area contributed by atoms with Crippen LogP contribution in [0, 0.1) is 17.0 Å². The molecule has 0 amide bonds. The number of nitrogens with one attached hydrogen (secondary N) is 1. The van der Waals surface area contributed by atoms with E-state index in [1.165, 1.54) is 6.07 Å². The molecule has 2 aromatic carbocycles. The Morgan fingerprint density at radius 2 is 1.90 bits per heavy atom. The van der Waals surface area contributed by atoms with Crippen molar-refractivity contribution < 1.29 is 10.0 Å². The second kappa shape index (κ2) is 6.97. The molecule has 0 aliphatic heterocycles. The van der Waals surface area contributed by atoms with E-state index in [4.69, 9.17) is 0 Å². The highest BCUT2D eigenvalue weighted by Crippen LogP contribution is 2.22. The number of nitro benzene ring substituents is 1. The minimum Gasteiger partial charge on any atom is -0.394 e. The second-order valence-corrected chi connectivity index (χ2v) is 4.85. The molecule has 0 aliphatic rings. The summed E-state index contributed by atoms with van der Waals surface area (Å²) in [5.74, 6) is 0. The predicted octanol–water partition coefficient (Wildman–Crippen LogP) is 2.73. The summed E-state index contributed by atoms with van der Waals surface area (Å²) in [5.41, 5.74) is 2.62. The molecule has 0 heterocycles. The first kappa shape index (κ1) is 15.2. The number of nitrogens with zero attached hydrogens (tertiary/aromatic N) is 1. The molecule has 2 rings (SSSR count). The summed E-state index contributed by atoms with van der Waals surface area (Å²) < 4.78 is 0. The van der Waals surface area contributed by atoms with Gasteiger partial charge >= 0.3 is 0 Å². The molecule has 5 nitrogen and oxygen atoms in total. The summed E-state index contributed by atoms with van der Waals surface area (Å²) >= 11 is 0. The van der Waals surface area contributed by atoms with Gasteiger partial charge < -0.3 is 10.4 Å². The average molecular weight is 286 g/mol. The minimum absolute atomic E-state index is 0.0298. The molecule has 0 aliphatic carbocycles. The molecule has 0 aromatic heterocycles. The Bertz CT molecular complexity index is 614. The van der Waals surface area contributed by atoms with Crippen molar-refractivity contribution in [1.82, 2.24) is 5.32 Å². The fourth-order valence-electron chi connectivity index (χ4n) is 2.27. The van der Waals surface area contributed by atoms with Crippen molar-refractivity contribution in [2.24, 2.45) is 0 Å². The van der Waals surface area contributed by atoms with Crippen molar-refractivity contribution in [3.8, 4) is 0 Å². The molecule has 110 valence electrons. The van der Waals surface area contributed by atoms with Gasteiger partial charge in [0.25, 0.3) is 5.69 Å². The highest BCUT2D eigenvalue weighted by Gasteiger charge is 2.14. The first-order valence-corrected chi connectivity index (χ1v) is 6.75. The number of hydrogen-bond acceptors (Lipinski definition) is 4. The van der Waals surface area contributed by atoms with Crippen molar-refractivity contribution in [2.75, 3.05) is 6.61 Å². The van der Waals surface area contributed by atoms with E-state index in [2.05, 4.69) is 5.32 Å². The van der Waals surface area contributed by atoms with Gasteiger partial charge in [-0.3, -0.25) is 10.1 Å². The van der Waals surface area contributed by atoms with Crippen LogP contribution in [0.25, 0.3) is 0 Å². The van der Waals surface area contributed by atoms with Crippen molar-refractivity contribution >= 4 is 5.69 Å². The van der Waals surface area contributed by atoms with Crippen LogP contribution in [0.5, 0.6) is 0 Å². The highest BCUT2D eigenvalue weighted by molar-refractivity contribution is 5.44. The zero-order chi connectivity index (χ0) is 15.2. The maximum Gasteiger partial charge on any atom is 0.272 e. The molecule has 0 radical (unpaired) electrons. The third-order valence-electron chi connectivity index (χ3n) is 3.54. The Morgan fingerprint density at radius 1 is 1.19 bits per heavy atom. The van der Waals surface area contributed by atoms with Crippen molar-refractivity contribution in [2.45, 2.75) is 19.5 Å². The Balaban J connectivity index is 2.12. The SMILES string of the molecule is Cc1c(CNC(CO)c2ccccc2)cccc1[N+](=O)[O-]. The molecule has 1 unspecified atom stereocenters. The monoisotopic (exact) mass is 286 g/mol. The lowest BCUT2D eigenvalue weighted by Gasteiger charge is -2.17. The molecule has 0 bridgehead atoms.